The van der Waals surface area contributed by atoms with Gasteiger partial charge in [0.05, 0.1) is 5.52 Å². The van der Waals surface area contributed by atoms with Crippen molar-refractivity contribution in [1.82, 2.24) is 20.5 Å². The van der Waals surface area contributed by atoms with Crippen molar-refractivity contribution < 1.29 is 14.4 Å². The van der Waals surface area contributed by atoms with Crippen molar-refractivity contribution in [3.05, 3.63) is 77.0 Å². The molecule has 2 aromatic rings. The summed E-state index contributed by atoms with van der Waals surface area (Å²) in [5.74, 6) is -0.214. The molecule has 2 N–H and O–H groups in total. The van der Waals surface area contributed by atoms with Gasteiger partial charge in [0.15, 0.2) is 0 Å². The summed E-state index contributed by atoms with van der Waals surface area (Å²) in [4.78, 5) is 40.6. The molecule has 2 fully saturated rings. The number of carbonyl (C=O) groups excluding carboxylic acids is 3. The Morgan fingerprint density at radius 3 is 2.73 bits per heavy atom. The number of para-hydroxylation sites is 1. The molecule has 33 heavy (non-hydrogen) atoms. The van der Waals surface area contributed by atoms with Crippen molar-refractivity contribution in [3.63, 3.8) is 0 Å². The molecule has 170 valence electrons. The summed E-state index contributed by atoms with van der Waals surface area (Å²) in [5.41, 5.74) is 4.54. The van der Waals surface area contributed by atoms with Crippen LogP contribution in [0, 0.1) is 0 Å². The van der Waals surface area contributed by atoms with Gasteiger partial charge >= 0.3 is 6.03 Å². The maximum Gasteiger partial charge on any atom is 0.324 e. The lowest BCUT2D eigenvalue weighted by molar-refractivity contribution is -0.126. The second-order valence-corrected chi connectivity index (χ2v) is 8.53. The van der Waals surface area contributed by atoms with Gasteiger partial charge in [0.1, 0.15) is 11.8 Å². The molecule has 5 rings (SSSR count). The molecule has 1 aromatic heterocycles. The number of hydrogen-bond donors (Lipinski definition) is 2. The number of aldehydes is 1. The third kappa shape index (κ3) is 4.36. The number of benzene rings is 1. The summed E-state index contributed by atoms with van der Waals surface area (Å²) in [7, 11) is 3.61. The number of urea groups is 1. The smallest absolute Gasteiger partial charge is 0.316 e. The van der Waals surface area contributed by atoms with Crippen LogP contribution in [0.1, 0.15) is 31.2 Å². The Kier molecular flexibility index (Phi) is 6.51. The quantitative estimate of drug-likeness (QED) is 0.559. The van der Waals surface area contributed by atoms with Gasteiger partial charge in [0.25, 0.3) is 5.91 Å². The number of hydrogen-bond acceptors (Lipinski definition) is 5. The van der Waals surface area contributed by atoms with Gasteiger partial charge in [-0.15, -0.1) is 0 Å². The van der Waals surface area contributed by atoms with Crippen molar-refractivity contribution in [3.8, 4) is 0 Å². The Morgan fingerprint density at radius 2 is 2.00 bits per heavy atom. The molecular formula is C26H28N4O3. The van der Waals surface area contributed by atoms with Crippen LogP contribution in [-0.4, -0.2) is 47.7 Å². The number of amides is 3. The molecule has 0 bridgehead atoms. The number of pyridine rings is 1. The molecule has 1 atom stereocenters. The molecule has 2 aliphatic carbocycles. The maximum atomic E-state index is 12.2. The number of imide groups is 1. The van der Waals surface area contributed by atoms with Crippen LogP contribution in [0.3, 0.4) is 0 Å². The van der Waals surface area contributed by atoms with Crippen LogP contribution in [0.2, 0.25) is 0 Å². The minimum atomic E-state index is -0.764. The van der Waals surface area contributed by atoms with Gasteiger partial charge in [-0.25, -0.2) is 4.79 Å². The molecular weight excluding hydrogens is 416 g/mol. The van der Waals surface area contributed by atoms with Crippen LogP contribution < -0.4 is 10.6 Å². The number of nitrogens with zero attached hydrogens (tertiary/aromatic N) is 2. The average molecular weight is 445 g/mol. The zero-order valence-electron chi connectivity index (χ0n) is 18.9. The van der Waals surface area contributed by atoms with E-state index in [0.717, 1.165) is 35.9 Å². The Labute approximate surface area is 193 Å². The normalized spacial score (nSPS) is 21.9. The summed E-state index contributed by atoms with van der Waals surface area (Å²) >= 11 is 0. The molecule has 1 spiro atoms. The lowest BCUT2D eigenvalue weighted by Crippen LogP contribution is -2.49. The van der Waals surface area contributed by atoms with Crippen molar-refractivity contribution in [1.29, 1.82) is 0 Å². The number of allylic oxidation sites excluding steroid dienone is 5. The SMILES string of the molecule is CN1C(=O)NC(=O)C12CCC1=CCC(C=O)=CC=C1C2.CNCc1cccc2cccnc12. The van der Waals surface area contributed by atoms with Gasteiger partial charge in [-0.2, -0.15) is 0 Å². The number of aromatic nitrogens is 1. The van der Waals surface area contributed by atoms with E-state index >= 15 is 0 Å². The van der Waals surface area contributed by atoms with E-state index in [0.29, 0.717) is 19.3 Å². The summed E-state index contributed by atoms with van der Waals surface area (Å²) in [6.45, 7) is 0.869. The summed E-state index contributed by atoms with van der Waals surface area (Å²) in [5, 5.41) is 6.73. The van der Waals surface area contributed by atoms with E-state index in [1.807, 2.05) is 25.4 Å². The molecule has 7 nitrogen and oxygen atoms in total. The van der Waals surface area contributed by atoms with Crippen LogP contribution in [0.25, 0.3) is 10.9 Å². The van der Waals surface area contributed by atoms with Crippen molar-refractivity contribution in [2.75, 3.05) is 14.1 Å². The first-order valence-corrected chi connectivity index (χ1v) is 11.1. The number of fused-ring (bicyclic) bond motifs is 2. The Hall–Kier alpha value is -3.58. The van der Waals surface area contributed by atoms with Crippen LogP contribution in [0.15, 0.2) is 71.5 Å². The predicted octanol–water partition coefficient (Wildman–Crippen LogP) is 3.43. The molecule has 3 aliphatic rings. The van der Waals surface area contributed by atoms with Crippen LogP contribution in [0.5, 0.6) is 0 Å². The van der Waals surface area contributed by atoms with Crippen LogP contribution >= 0.6 is 0 Å². The number of nitrogens with one attached hydrogen (secondary N) is 2. The highest BCUT2D eigenvalue weighted by atomic mass is 16.2. The minimum absolute atomic E-state index is 0.214. The highest BCUT2D eigenvalue weighted by Gasteiger charge is 2.52. The molecule has 1 unspecified atom stereocenters. The fourth-order valence-corrected chi connectivity index (χ4v) is 4.65. The summed E-state index contributed by atoms with van der Waals surface area (Å²) in [6, 6.07) is 9.97. The van der Waals surface area contributed by atoms with E-state index in [-0.39, 0.29) is 11.9 Å². The third-order valence-corrected chi connectivity index (χ3v) is 6.61. The van der Waals surface area contributed by atoms with Crippen molar-refractivity contribution in [2.24, 2.45) is 0 Å². The summed E-state index contributed by atoms with van der Waals surface area (Å²) in [6.07, 6.45) is 11.0. The fourth-order valence-electron chi connectivity index (χ4n) is 4.65. The van der Waals surface area contributed by atoms with Gasteiger partial charge in [0, 0.05) is 31.6 Å². The van der Waals surface area contributed by atoms with E-state index in [1.54, 1.807) is 13.1 Å². The third-order valence-electron chi connectivity index (χ3n) is 6.61. The Bertz CT molecular complexity index is 1190. The fraction of sp³-hybridized carbons (Fsp3) is 0.308. The summed E-state index contributed by atoms with van der Waals surface area (Å²) < 4.78 is 0. The van der Waals surface area contributed by atoms with Crippen LogP contribution in [0.4, 0.5) is 4.79 Å². The highest BCUT2D eigenvalue weighted by Crippen LogP contribution is 2.42. The second-order valence-electron chi connectivity index (χ2n) is 8.53. The van der Waals surface area contributed by atoms with Gasteiger partial charge in [-0.05, 0) is 54.7 Å². The second kappa shape index (κ2) is 9.50. The van der Waals surface area contributed by atoms with E-state index < -0.39 is 5.54 Å². The molecule has 1 saturated heterocycles. The molecule has 1 aliphatic heterocycles. The molecule has 2 heterocycles. The van der Waals surface area contributed by atoms with Gasteiger partial charge < -0.3 is 10.2 Å². The first-order chi connectivity index (χ1) is 16.0. The van der Waals surface area contributed by atoms with E-state index in [1.165, 1.54) is 21.4 Å². The van der Waals surface area contributed by atoms with E-state index in [2.05, 4.69) is 46.0 Å². The monoisotopic (exact) mass is 444 g/mol. The standard InChI is InChI=1S/C15H16N2O3.C11H12N2/c1-17-14(20)16-13(19)15(17)7-6-11-4-2-10(9-18)3-5-12(11)8-15;1-12-8-10-5-2-4-9-6-3-7-13-11(9)10/h3-5,9H,2,6-8H2,1H3,(H,16,19,20);2-7,12H,8H2,1H3. The molecule has 1 saturated carbocycles. The van der Waals surface area contributed by atoms with Crippen molar-refractivity contribution in [2.45, 2.75) is 37.8 Å². The molecule has 1 aromatic carbocycles. The lowest BCUT2D eigenvalue weighted by atomic mass is 9.75. The number of likely N-dealkylation sites (N-methyl/N-ethyl adjacent to an activating group) is 1. The largest absolute Gasteiger partial charge is 0.324 e. The Morgan fingerprint density at radius 1 is 1.18 bits per heavy atom. The molecule has 0 radical (unpaired) electrons. The topological polar surface area (TPSA) is 91.4 Å². The zero-order chi connectivity index (χ0) is 23.4. The van der Waals surface area contributed by atoms with Gasteiger partial charge in [0.2, 0.25) is 0 Å². The molecule has 3 amide bonds. The van der Waals surface area contributed by atoms with E-state index in [9.17, 15) is 14.4 Å². The maximum absolute atomic E-state index is 12.2. The molecule has 7 heteroatoms. The van der Waals surface area contributed by atoms with Crippen LogP contribution in [-0.2, 0) is 16.1 Å². The minimum Gasteiger partial charge on any atom is -0.316 e. The Balaban J connectivity index is 0.000000172. The van der Waals surface area contributed by atoms with Gasteiger partial charge in [-0.3, -0.25) is 19.9 Å². The number of rotatable bonds is 3. The van der Waals surface area contributed by atoms with Crippen molar-refractivity contribution >= 4 is 29.1 Å². The predicted molar refractivity (Wildman–Crippen MR) is 127 cm³/mol. The lowest BCUT2D eigenvalue weighted by Gasteiger charge is -2.38. The average Bonchev–Trinajstić information content (AvgIpc) is 2.98. The zero-order valence-corrected chi connectivity index (χ0v) is 18.9. The number of carbonyl (C=O) groups is 3. The van der Waals surface area contributed by atoms with Gasteiger partial charge in [-0.1, -0.05) is 42.5 Å². The first kappa shape index (κ1) is 22.6. The highest BCUT2D eigenvalue weighted by molar-refractivity contribution is 6.07. The van der Waals surface area contributed by atoms with E-state index in [4.69, 9.17) is 0 Å². The first-order valence-electron chi connectivity index (χ1n) is 11.1.